The lowest BCUT2D eigenvalue weighted by atomic mass is 10.1. The van der Waals surface area contributed by atoms with E-state index in [4.69, 9.17) is 0 Å². The van der Waals surface area contributed by atoms with E-state index in [0.717, 1.165) is 18.7 Å². The van der Waals surface area contributed by atoms with Gasteiger partial charge in [0.25, 0.3) is 0 Å². The van der Waals surface area contributed by atoms with Gasteiger partial charge < -0.3 is 0 Å². The highest BCUT2D eigenvalue weighted by Gasteiger charge is 2.01. The van der Waals surface area contributed by atoms with E-state index in [1.165, 1.54) is 0 Å². The van der Waals surface area contributed by atoms with Crippen molar-refractivity contribution in [1.29, 1.82) is 0 Å². The summed E-state index contributed by atoms with van der Waals surface area (Å²) in [4.78, 5) is 0. The first-order valence-electron chi connectivity index (χ1n) is 4.11. The average molecular weight is 153 g/mol. The van der Waals surface area contributed by atoms with Crippen LogP contribution in [-0.4, -0.2) is 15.0 Å². The zero-order valence-corrected chi connectivity index (χ0v) is 7.41. The van der Waals surface area contributed by atoms with Crippen molar-refractivity contribution in [2.24, 2.45) is 5.92 Å². The third kappa shape index (κ3) is 2.33. The Hall–Kier alpha value is -0.860. The van der Waals surface area contributed by atoms with Crippen molar-refractivity contribution < 1.29 is 0 Å². The van der Waals surface area contributed by atoms with Crippen LogP contribution in [0.5, 0.6) is 0 Å². The largest absolute Gasteiger partial charge is 0.253 e. The molecule has 0 aliphatic carbocycles. The summed E-state index contributed by atoms with van der Waals surface area (Å²) in [6.07, 6.45) is 3.04. The monoisotopic (exact) mass is 153 g/mol. The molecule has 0 N–H and O–H groups in total. The summed E-state index contributed by atoms with van der Waals surface area (Å²) in [6.45, 7) is 7.34. The topological polar surface area (TPSA) is 30.7 Å². The highest BCUT2D eigenvalue weighted by atomic mass is 15.4. The molecular weight excluding hydrogens is 138 g/mol. The Balaban J connectivity index is 2.58. The first-order valence-corrected chi connectivity index (χ1v) is 4.11. The van der Waals surface area contributed by atoms with Gasteiger partial charge in [0.05, 0.1) is 5.69 Å². The van der Waals surface area contributed by atoms with E-state index in [1.807, 2.05) is 10.9 Å². The fourth-order valence-corrected chi connectivity index (χ4v) is 1.00. The Bertz CT molecular complexity index is 215. The zero-order chi connectivity index (χ0) is 8.27. The number of rotatable bonds is 3. The molecule has 0 unspecified atom stereocenters. The zero-order valence-electron chi connectivity index (χ0n) is 7.41. The Morgan fingerprint density at radius 1 is 1.55 bits per heavy atom. The first kappa shape index (κ1) is 8.24. The molecule has 3 heteroatoms. The molecule has 62 valence electrons. The molecule has 1 heterocycles. The van der Waals surface area contributed by atoms with Gasteiger partial charge in [0.15, 0.2) is 0 Å². The second-order valence-electron chi connectivity index (χ2n) is 3.16. The second kappa shape index (κ2) is 3.51. The molecule has 0 spiro atoms. The van der Waals surface area contributed by atoms with Gasteiger partial charge in [-0.15, -0.1) is 5.10 Å². The minimum absolute atomic E-state index is 0.664. The van der Waals surface area contributed by atoms with Crippen molar-refractivity contribution in [3.8, 4) is 0 Å². The second-order valence-corrected chi connectivity index (χ2v) is 3.16. The van der Waals surface area contributed by atoms with E-state index < -0.39 is 0 Å². The highest BCUT2D eigenvalue weighted by Crippen LogP contribution is 2.02. The lowest BCUT2D eigenvalue weighted by molar-refractivity contribution is 0.622. The summed E-state index contributed by atoms with van der Waals surface area (Å²) in [7, 11) is 0. The summed E-state index contributed by atoms with van der Waals surface area (Å²) >= 11 is 0. The first-order chi connectivity index (χ1) is 5.22. The quantitative estimate of drug-likeness (QED) is 0.658. The molecule has 1 aromatic heterocycles. The maximum atomic E-state index is 4.04. The van der Waals surface area contributed by atoms with Gasteiger partial charge in [-0.25, -0.2) is 0 Å². The summed E-state index contributed by atoms with van der Waals surface area (Å²) in [5, 5.41) is 7.99. The maximum absolute atomic E-state index is 4.04. The predicted octanol–water partition coefficient (Wildman–Crippen LogP) is 1.50. The lowest BCUT2D eigenvalue weighted by Gasteiger charge is -1.97. The number of nitrogens with zero attached hydrogens (tertiary/aromatic N) is 3. The van der Waals surface area contributed by atoms with Gasteiger partial charge in [-0.3, -0.25) is 4.68 Å². The fourth-order valence-electron chi connectivity index (χ4n) is 1.00. The Labute approximate surface area is 67.4 Å². The average Bonchev–Trinajstić information content (AvgIpc) is 2.34. The molecule has 0 fully saturated rings. The van der Waals surface area contributed by atoms with Gasteiger partial charge in [0.2, 0.25) is 0 Å². The van der Waals surface area contributed by atoms with Crippen LogP contribution in [0.2, 0.25) is 0 Å². The normalized spacial score (nSPS) is 10.9. The smallest absolute Gasteiger partial charge is 0.0829 e. The van der Waals surface area contributed by atoms with Crippen LogP contribution in [0.15, 0.2) is 6.20 Å². The molecule has 0 aliphatic heterocycles. The molecular formula is C8H15N3. The summed E-state index contributed by atoms with van der Waals surface area (Å²) in [5.41, 5.74) is 1.10. The van der Waals surface area contributed by atoms with E-state index in [9.17, 15) is 0 Å². The minimum atomic E-state index is 0.664. The minimum Gasteiger partial charge on any atom is -0.253 e. The Morgan fingerprint density at radius 3 is 2.73 bits per heavy atom. The van der Waals surface area contributed by atoms with Crippen molar-refractivity contribution in [3.63, 3.8) is 0 Å². The summed E-state index contributed by atoms with van der Waals surface area (Å²) in [6, 6.07) is 0. The molecule has 0 aliphatic rings. The van der Waals surface area contributed by atoms with E-state index in [1.54, 1.807) is 0 Å². The number of aryl methyl sites for hydroxylation is 1. The third-order valence-electron chi connectivity index (χ3n) is 1.53. The Kier molecular flexibility index (Phi) is 2.63. The van der Waals surface area contributed by atoms with Crippen LogP contribution in [0.4, 0.5) is 0 Å². The Morgan fingerprint density at radius 2 is 2.27 bits per heavy atom. The molecule has 1 rings (SSSR count). The molecule has 0 saturated carbocycles. The highest BCUT2D eigenvalue weighted by molar-refractivity contribution is 4.92. The standard InChI is InChI=1S/C8H15N3/c1-4-11-6-8(9-10-11)5-7(2)3/h6-7H,4-5H2,1-3H3. The van der Waals surface area contributed by atoms with Crippen molar-refractivity contribution >= 4 is 0 Å². The summed E-state index contributed by atoms with van der Waals surface area (Å²) in [5.74, 6) is 0.664. The molecule has 0 saturated heterocycles. The molecule has 0 atom stereocenters. The van der Waals surface area contributed by atoms with Crippen molar-refractivity contribution in [1.82, 2.24) is 15.0 Å². The van der Waals surface area contributed by atoms with E-state index in [2.05, 4.69) is 31.1 Å². The molecule has 0 aromatic carbocycles. The van der Waals surface area contributed by atoms with Crippen LogP contribution in [-0.2, 0) is 13.0 Å². The van der Waals surface area contributed by atoms with Crippen LogP contribution in [0.3, 0.4) is 0 Å². The lowest BCUT2D eigenvalue weighted by Crippen LogP contribution is -1.94. The molecule has 3 nitrogen and oxygen atoms in total. The maximum Gasteiger partial charge on any atom is 0.0829 e. The molecule has 0 radical (unpaired) electrons. The number of aromatic nitrogens is 3. The van der Waals surface area contributed by atoms with Crippen LogP contribution in [0.25, 0.3) is 0 Å². The van der Waals surface area contributed by atoms with Gasteiger partial charge >= 0.3 is 0 Å². The fraction of sp³-hybridized carbons (Fsp3) is 0.750. The van der Waals surface area contributed by atoms with E-state index in [0.29, 0.717) is 5.92 Å². The van der Waals surface area contributed by atoms with Gasteiger partial charge in [-0.05, 0) is 19.3 Å². The van der Waals surface area contributed by atoms with Crippen molar-refractivity contribution in [2.75, 3.05) is 0 Å². The molecule has 1 aromatic rings. The molecule has 0 bridgehead atoms. The predicted molar refractivity (Wildman–Crippen MR) is 44.2 cm³/mol. The van der Waals surface area contributed by atoms with E-state index in [-0.39, 0.29) is 0 Å². The molecule has 0 amide bonds. The van der Waals surface area contributed by atoms with Gasteiger partial charge in [0, 0.05) is 12.7 Å². The van der Waals surface area contributed by atoms with Crippen LogP contribution in [0, 0.1) is 5.92 Å². The van der Waals surface area contributed by atoms with Crippen LogP contribution < -0.4 is 0 Å². The van der Waals surface area contributed by atoms with Gasteiger partial charge in [0.1, 0.15) is 0 Å². The number of hydrogen-bond donors (Lipinski definition) is 0. The third-order valence-corrected chi connectivity index (χ3v) is 1.53. The number of hydrogen-bond acceptors (Lipinski definition) is 2. The van der Waals surface area contributed by atoms with Crippen LogP contribution >= 0.6 is 0 Å². The van der Waals surface area contributed by atoms with E-state index >= 15 is 0 Å². The van der Waals surface area contributed by atoms with Gasteiger partial charge in [-0.1, -0.05) is 19.1 Å². The van der Waals surface area contributed by atoms with Crippen molar-refractivity contribution in [3.05, 3.63) is 11.9 Å². The molecule has 11 heavy (non-hydrogen) atoms. The summed E-state index contributed by atoms with van der Waals surface area (Å²) < 4.78 is 1.86. The van der Waals surface area contributed by atoms with Crippen LogP contribution in [0.1, 0.15) is 26.5 Å². The van der Waals surface area contributed by atoms with Gasteiger partial charge in [-0.2, -0.15) is 0 Å². The SMILES string of the molecule is CCn1cc(CC(C)C)nn1. The van der Waals surface area contributed by atoms with Crippen molar-refractivity contribution in [2.45, 2.75) is 33.7 Å².